The fourth-order valence-electron chi connectivity index (χ4n) is 2.26. The zero-order valence-electron chi connectivity index (χ0n) is 11.6. The quantitative estimate of drug-likeness (QED) is 0.747. The molecular weight excluding hydrogens is 220 g/mol. The lowest BCUT2D eigenvalue weighted by molar-refractivity contribution is -0.658. The standard InChI is InChI=1S/C16H21N2/c1-13(2)18(15-10-6-5-9-14(15)3)16-11-7-8-12-17(16)4/h5-13H,1-4H3/q+1. The van der Waals surface area contributed by atoms with Crippen molar-refractivity contribution in [1.29, 1.82) is 0 Å². The van der Waals surface area contributed by atoms with Crippen LogP contribution in [0.15, 0.2) is 48.7 Å². The number of para-hydroxylation sites is 1. The van der Waals surface area contributed by atoms with E-state index in [-0.39, 0.29) is 0 Å². The number of hydrogen-bond donors (Lipinski definition) is 0. The van der Waals surface area contributed by atoms with Gasteiger partial charge in [0, 0.05) is 6.07 Å². The number of benzene rings is 1. The maximum atomic E-state index is 2.37. The second-order valence-corrected chi connectivity index (χ2v) is 4.92. The number of aromatic nitrogens is 1. The maximum Gasteiger partial charge on any atom is 0.281 e. The van der Waals surface area contributed by atoms with Crippen LogP contribution in [-0.2, 0) is 7.05 Å². The van der Waals surface area contributed by atoms with E-state index in [1.807, 2.05) is 0 Å². The third-order valence-electron chi connectivity index (χ3n) is 3.17. The molecule has 0 fully saturated rings. The Morgan fingerprint density at radius 3 is 2.28 bits per heavy atom. The van der Waals surface area contributed by atoms with Gasteiger partial charge in [0.2, 0.25) is 0 Å². The molecule has 1 heterocycles. The van der Waals surface area contributed by atoms with Crippen molar-refractivity contribution >= 4 is 11.5 Å². The van der Waals surface area contributed by atoms with Crippen LogP contribution >= 0.6 is 0 Å². The summed E-state index contributed by atoms with van der Waals surface area (Å²) in [5.74, 6) is 1.21. The molecule has 2 aromatic rings. The van der Waals surface area contributed by atoms with Gasteiger partial charge in [0.05, 0.1) is 19.3 Å². The van der Waals surface area contributed by atoms with Gasteiger partial charge in [-0.2, -0.15) is 0 Å². The first-order valence-corrected chi connectivity index (χ1v) is 6.41. The second kappa shape index (κ2) is 5.21. The third-order valence-corrected chi connectivity index (χ3v) is 3.17. The smallest absolute Gasteiger partial charge is 0.237 e. The zero-order valence-corrected chi connectivity index (χ0v) is 11.6. The number of anilines is 2. The van der Waals surface area contributed by atoms with Crippen LogP contribution in [0.4, 0.5) is 11.5 Å². The topological polar surface area (TPSA) is 7.12 Å². The molecule has 2 rings (SSSR count). The molecule has 0 saturated carbocycles. The highest BCUT2D eigenvalue weighted by Gasteiger charge is 2.24. The van der Waals surface area contributed by atoms with E-state index in [2.05, 4.69) is 85.9 Å². The monoisotopic (exact) mass is 241 g/mol. The number of rotatable bonds is 3. The SMILES string of the molecule is Cc1ccccc1N(c1cccc[n+]1C)C(C)C. The normalized spacial score (nSPS) is 10.7. The van der Waals surface area contributed by atoms with E-state index in [1.165, 1.54) is 17.1 Å². The predicted molar refractivity (Wildman–Crippen MR) is 76.1 cm³/mol. The molecular formula is C16H21N2+. The van der Waals surface area contributed by atoms with Crippen molar-refractivity contribution in [1.82, 2.24) is 0 Å². The summed E-state index contributed by atoms with van der Waals surface area (Å²) in [5.41, 5.74) is 2.57. The largest absolute Gasteiger partial charge is 0.281 e. The van der Waals surface area contributed by atoms with Crippen molar-refractivity contribution in [3.05, 3.63) is 54.2 Å². The lowest BCUT2D eigenvalue weighted by Gasteiger charge is -2.23. The van der Waals surface area contributed by atoms with Gasteiger partial charge in [-0.05, 0) is 38.5 Å². The predicted octanol–water partition coefficient (Wildman–Crippen LogP) is 3.37. The minimum absolute atomic E-state index is 0.416. The molecule has 2 heteroatoms. The van der Waals surface area contributed by atoms with Crippen LogP contribution < -0.4 is 9.47 Å². The fourth-order valence-corrected chi connectivity index (χ4v) is 2.26. The van der Waals surface area contributed by atoms with E-state index in [9.17, 15) is 0 Å². The van der Waals surface area contributed by atoms with Crippen molar-refractivity contribution in [2.24, 2.45) is 7.05 Å². The minimum atomic E-state index is 0.416. The van der Waals surface area contributed by atoms with Crippen molar-refractivity contribution in [3.8, 4) is 0 Å². The zero-order chi connectivity index (χ0) is 13.1. The highest BCUT2D eigenvalue weighted by Crippen LogP contribution is 2.27. The first-order valence-electron chi connectivity index (χ1n) is 6.41. The Hall–Kier alpha value is -1.83. The van der Waals surface area contributed by atoms with E-state index in [0.29, 0.717) is 6.04 Å². The molecule has 94 valence electrons. The minimum Gasteiger partial charge on any atom is -0.237 e. The molecule has 0 spiro atoms. The summed E-state index contributed by atoms with van der Waals surface area (Å²) in [6, 6.07) is 15.2. The van der Waals surface area contributed by atoms with Gasteiger partial charge in [-0.25, -0.2) is 9.47 Å². The van der Waals surface area contributed by atoms with Crippen LogP contribution in [0.3, 0.4) is 0 Å². The summed E-state index contributed by atoms with van der Waals surface area (Å²) in [7, 11) is 2.09. The maximum absolute atomic E-state index is 2.37. The molecule has 2 nitrogen and oxygen atoms in total. The van der Waals surface area contributed by atoms with E-state index in [0.717, 1.165) is 0 Å². The Balaban J connectivity index is 2.55. The summed E-state index contributed by atoms with van der Waals surface area (Å²) < 4.78 is 2.16. The molecule has 0 aliphatic heterocycles. The summed E-state index contributed by atoms with van der Waals surface area (Å²) in [6.07, 6.45) is 2.09. The Morgan fingerprint density at radius 1 is 1.00 bits per heavy atom. The van der Waals surface area contributed by atoms with Gasteiger partial charge in [-0.1, -0.05) is 24.3 Å². The summed E-state index contributed by atoms with van der Waals surface area (Å²) >= 11 is 0. The van der Waals surface area contributed by atoms with Crippen molar-refractivity contribution in [3.63, 3.8) is 0 Å². The number of hydrogen-bond acceptors (Lipinski definition) is 1. The van der Waals surface area contributed by atoms with Crippen LogP contribution in [0.1, 0.15) is 19.4 Å². The van der Waals surface area contributed by atoms with Gasteiger partial charge in [-0.15, -0.1) is 0 Å². The van der Waals surface area contributed by atoms with E-state index >= 15 is 0 Å². The van der Waals surface area contributed by atoms with Gasteiger partial charge in [-0.3, -0.25) is 0 Å². The third kappa shape index (κ3) is 2.37. The van der Waals surface area contributed by atoms with Gasteiger partial charge in [0.1, 0.15) is 5.69 Å². The average Bonchev–Trinajstić information content (AvgIpc) is 2.34. The van der Waals surface area contributed by atoms with Crippen molar-refractivity contribution in [2.75, 3.05) is 4.90 Å². The first-order chi connectivity index (χ1) is 8.61. The summed E-state index contributed by atoms with van der Waals surface area (Å²) in [4.78, 5) is 2.37. The Kier molecular flexibility index (Phi) is 3.66. The van der Waals surface area contributed by atoms with E-state index in [4.69, 9.17) is 0 Å². The van der Waals surface area contributed by atoms with Crippen LogP contribution in [-0.4, -0.2) is 6.04 Å². The fraction of sp³-hybridized carbons (Fsp3) is 0.312. The molecule has 0 radical (unpaired) electrons. The molecule has 0 aliphatic carbocycles. The second-order valence-electron chi connectivity index (χ2n) is 4.92. The molecule has 0 bridgehead atoms. The van der Waals surface area contributed by atoms with Gasteiger partial charge in [0.15, 0.2) is 0 Å². The first kappa shape index (κ1) is 12.6. The highest BCUT2D eigenvalue weighted by molar-refractivity contribution is 5.62. The number of nitrogens with zero attached hydrogens (tertiary/aromatic N) is 2. The van der Waals surface area contributed by atoms with Crippen LogP contribution in [0.25, 0.3) is 0 Å². The molecule has 1 aromatic carbocycles. The lowest BCUT2D eigenvalue weighted by atomic mass is 10.1. The van der Waals surface area contributed by atoms with Crippen LogP contribution in [0, 0.1) is 6.92 Å². The highest BCUT2D eigenvalue weighted by atomic mass is 15.2. The number of aryl methyl sites for hydroxylation is 2. The molecule has 18 heavy (non-hydrogen) atoms. The van der Waals surface area contributed by atoms with Gasteiger partial charge < -0.3 is 0 Å². The van der Waals surface area contributed by atoms with E-state index < -0.39 is 0 Å². The van der Waals surface area contributed by atoms with Crippen molar-refractivity contribution < 1.29 is 4.57 Å². The molecule has 0 N–H and O–H groups in total. The Bertz CT molecular complexity index is 487. The van der Waals surface area contributed by atoms with Gasteiger partial charge >= 0.3 is 0 Å². The Labute approximate surface area is 110 Å². The molecule has 1 aromatic heterocycles. The molecule has 0 amide bonds. The van der Waals surface area contributed by atoms with Gasteiger partial charge in [0.25, 0.3) is 5.82 Å². The molecule has 0 unspecified atom stereocenters. The van der Waals surface area contributed by atoms with Crippen molar-refractivity contribution in [2.45, 2.75) is 26.8 Å². The lowest BCUT2D eigenvalue weighted by Crippen LogP contribution is -2.39. The summed E-state index contributed by atoms with van der Waals surface area (Å²) in [6.45, 7) is 6.60. The summed E-state index contributed by atoms with van der Waals surface area (Å²) in [5, 5.41) is 0. The molecule has 0 saturated heterocycles. The van der Waals surface area contributed by atoms with Crippen LogP contribution in [0.2, 0.25) is 0 Å². The molecule has 0 aliphatic rings. The average molecular weight is 241 g/mol. The van der Waals surface area contributed by atoms with E-state index in [1.54, 1.807) is 0 Å². The Morgan fingerprint density at radius 2 is 1.67 bits per heavy atom. The molecule has 0 atom stereocenters. The van der Waals surface area contributed by atoms with Crippen LogP contribution in [0.5, 0.6) is 0 Å². The number of pyridine rings is 1.